The van der Waals surface area contributed by atoms with Crippen LogP contribution >= 0.6 is 28.1 Å². The third kappa shape index (κ3) is 2.98. The Bertz CT molecular complexity index is 937. The maximum Gasteiger partial charge on any atom is 0.199 e. The van der Waals surface area contributed by atoms with E-state index in [4.69, 9.17) is 12.2 Å². The summed E-state index contributed by atoms with van der Waals surface area (Å²) in [4.78, 5) is 0. The van der Waals surface area contributed by atoms with E-state index >= 15 is 0 Å². The Hall–Kier alpha value is -1.73. The van der Waals surface area contributed by atoms with Crippen LogP contribution in [0.15, 0.2) is 28.7 Å². The Kier molecular flexibility index (Phi) is 4.73. The molecule has 0 aliphatic rings. The maximum absolute atomic E-state index is 5.46. The van der Waals surface area contributed by atoms with Crippen LogP contribution in [-0.4, -0.2) is 24.5 Å². The van der Waals surface area contributed by atoms with Crippen molar-refractivity contribution < 1.29 is 0 Å². The fourth-order valence-electron chi connectivity index (χ4n) is 2.88. The van der Waals surface area contributed by atoms with Gasteiger partial charge in [0.05, 0.1) is 22.4 Å². The molecule has 0 fully saturated rings. The van der Waals surface area contributed by atoms with Crippen molar-refractivity contribution in [2.24, 2.45) is 0 Å². The number of para-hydroxylation sites is 1. The second-order valence-electron chi connectivity index (χ2n) is 6.08. The van der Waals surface area contributed by atoms with Crippen LogP contribution < -0.4 is 0 Å². The first-order chi connectivity index (χ1) is 11.4. The molecule has 3 aromatic rings. The molecule has 3 rings (SSSR count). The Morgan fingerprint density at radius 3 is 2.58 bits per heavy atom. The number of nitrogens with zero attached hydrogens (tertiary/aromatic N) is 4. The SMILES string of the molecule is Cc1ccccc1-n1c([C@H](C)Cn2nc(C)c(Br)c2C)n[nH]c1=S. The quantitative estimate of drug-likeness (QED) is 0.644. The number of hydrogen-bond donors (Lipinski definition) is 1. The predicted molar refractivity (Wildman–Crippen MR) is 101 cm³/mol. The minimum absolute atomic E-state index is 0.155. The van der Waals surface area contributed by atoms with Gasteiger partial charge in [0, 0.05) is 11.6 Å². The molecular formula is C17H20BrN5S. The van der Waals surface area contributed by atoms with Gasteiger partial charge in [-0.15, -0.1) is 0 Å². The summed E-state index contributed by atoms with van der Waals surface area (Å²) in [7, 11) is 0. The van der Waals surface area contributed by atoms with Crippen LogP contribution in [0.1, 0.15) is 35.6 Å². The van der Waals surface area contributed by atoms with Gasteiger partial charge in [0.2, 0.25) is 0 Å². The molecule has 24 heavy (non-hydrogen) atoms. The van der Waals surface area contributed by atoms with Gasteiger partial charge in [-0.05, 0) is 60.5 Å². The second-order valence-corrected chi connectivity index (χ2v) is 7.26. The Labute approximate surface area is 154 Å². The zero-order valence-corrected chi connectivity index (χ0v) is 16.6. The maximum atomic E-state index is 5.46. The highest BCUT2D eigenvalue weighted by Crippen LogP contribution is 2.25. The minimum Gasteiger partial charge on any atom is -0.272 e. The van der Waals surface area contributed by atoms with Crippen LogP contribution in [-0.2, 0) is 6.54 Å². The molecule has 0 saturated carbocycles. The van der Waals surface area contributed by atoms with Gasteiger partial charge in [-0.2, -0.15) is 10.2 Å². The standard InChI is InChI=1S/C17H20BrN5S/c1-10-7-5-6-8-14(10)23-16(19-20-17(23)24)11(2)9-22-13(4)15(18)12(3)21-22/h5-8,11H,9H2,1-4H3,(H,20,24)/t11-/m1/s1. The zero-order valence-electron chi connectivity index (χ0n) is 14.2. The van der Waals surface area contributed by atoms with Gasteiger partial charge in [0.15, 0.2) is 4.77 Å². The number of halogens is 1. The van der Waals surface area contributed by atoms with Crippen molar-refractivity contribution in [3.8, 4) is 5.69 Å². The summed E-state index contributed by atoms with van der Waals surface area (Å²) < 4.78 is 5.72. The van der Waals surface area contributed by atoms with Gasteiger partial charge in [-0.3, -0.25) is 14.3 Å². The third-order valence-corrected chi connectivity index (χ3v) is 5.66. The summed E-state index contributed by atoms with van der Waals surface area (Å²) in [6.07, 6.45) is 0. The van der Waals surface area contributed by atoms with Gasteiger partial charge < -0.3 is 0 Å². The second kappa shape index (κ2) is 6.64. The molecule has 126 valence electrons. The first-order valence-corrected chi connectivity index (χ1v) is 9.03. The number of aromatic amines is 1. The lowest BCUT2D eigenvalue weighted by Crippen LogP contribution is -2.14. The summed E-state index contributed by atoms with van der Waals surface area (Å²) in [5, 5.41) is 12.0. The summed E-state index contributed by atoms with van der Waals surface area (Å²) in [5.41, 5.74) is 4.35. The van der Waals surface area contributed by atoms with E-state index in [1.54, 1.807) is 0 Å². The molecule has 0 aliphatic heterocycles. The molecule has 1 aromatic carbocycles. The zero-order chi connectivity index (χ0) is 17.4. The van der Waals surface area contributed by atoms with Gasteiger partial charge in [-0.25, -0.2) is 0 Å². The smallest absolute Gasteiger partial charge is 0.199 e. The van der Waals surface area contributed by atoms with Crippen molar-refractivity contribution >= 4 is 28.1 Å². The van der Waals surface area contributed by atoms with E-state index in [0.29, 0.717) is 4.77 Å². The molecule has 0 spiro atoms. The molecule has 0 saturated heterocycles. The van der Waals surface area contributed by atoms with E-state index < -0.39 is 0 Å². The molecule has 0 radical (unpaired) electrons. The lowest BCUT2D eigenvalue weighted by Gasteiger charge is -2.15. The number of rotatable bonds is 4. The van der Waals surface area contributed by atoms with Crippen LogP contribution in [0, 0.1) is 25.5 Å². The van der Waals surface area contributed by atoms with Crippen LogP contribution in [0.4, 0.5) is 0 Å². The normalized spacial score (nSPS) is 12.5. The monoisotopic (exact) mass is 405 g/mol. The molecule has 1 N–H and O–H groups in total. The Morgan fingerprint density at radius 2 is 1.96 bits per heavy atom. The fourth-order valence-corrected chi connectivity index (χ4v) is 3.40. The number of hydrogen-bond acceptors (Lipinski definition) is 3. The van der Waals surface area contributed by atoms with Crippen LogP contribution in [0.25, 0.3) is 5.69 Å². The lowest BCUT2D eigenvalue weighted by molar-refractivity contribution is 0.506. The van der Waals surface area contributed by atoms with E-state index in [-0.39, 0.29) is 5.92 Å². The van der Waals surface area contributed by atoms with E-state index in [9.17, 15) is 0 Å². The molecular weight excluding hydrogens is 386 g/mol. The number of nitrogens with one attached hydrogen (secondary N) is 1. The van der Waals surface area contributed by atoms with Gasteiger partial charge >= 0.3 is 0 Å². The lowest BCUT2D eigenvalue weighted by atomic mass is 10.1. The van der Waals surface area contributed by atoms with E-state index in [1.165, 1.54) is 0 Å². The van der Waals surface area contributed by atoms with Crippen molar-refractivity contribution in [1.29, 1.82) is 0 Å². The number of aromatic nitrogens is 5. The van der Waals surface area contributed by atoms with Gasteiger partial charge in [-0.1, -0.05) is 25.1 Å². The summed E-state index contributed by atoms with van der Waals surface area (Å²) in [5.74, 6) is 1.07. The molecule has 2 heterocycles. The van der Waals surface area contributed by atoms with Gasteiger partial charge in [0.25, 0.3) is 0 Å². The third-order valence-electron chi connectivity index (χ3n) is 4.24. The average Bonchev–Trinajstić information content (AvgIpc) is 3.04. The minimum atomic E-state index is 0.155. The van der Waals surface area contributed by atoms with Crippen LogP contribution in [0.5, 0.6) is 0 Å². The van der Waals surface area contributed by atoms with E-state index in [2.05, 4.69) is 64.1 Å². The van der Waals surface area contributed by atoms with Crippen molar-refractivity contribution in [1.82, 2.24) is 24.5 Å². The fraction of sp³-hybridized carbons (Fsp3) is 0.353. The molecule has 0 bridgehead atoms. The molecule has 0 aliphatic carbocycles. The van der Waals surface area contributed by atoms with Gasteiger partial charge in [0.1, 0.15) is 5.82 Å². The number of benzene rings is 1. The first-order valence-electron chi connectivity index (χ1n) is 7.83. The molecule has 5 nitrogen and oxygen atoms in total. The van der Waals surface area contributed by atoms with Crippen molar-refractivity contribution in [3.63, 3.8) is 0 Å². The van der Waals surface area contributed by atoms with Crippen LogP contribution in [0.2, 0.25) is 0 Å². The summed E-state index contributed by atoms with van der Waals surface area (Å²) >= 11 is 9.05. The molecule has 2 aromatic heterocycles. The number of aryl methyl sites for hydroxylation is 2. The summed E-state index contributed by atoms with van der Waals surface area (Å²) in [6, 6.07) is 8.19. The number of H-pyrrole nitrogens is 1. The molecule has 0 amide bonds. The molecule has 1 atom stereocenters. The predicted octanol–water partition coefficient (Wildman–Crippen LogP) is 4.62. The van der Waals surface area contributed by atoms with Crippen molar-refractivity contribution in [2.45, 2.75) is 40.2 Å². The largest absolute Gasteiger partial charge is 0.272 e. The Morgan fingerprint density at radius 1 is 1.25 bits per heavy atom. The average molecular weight is 406 g/mol. The van der Waals surface area contributed by atoms with E-state index in [0.717, 1.165) is 39.5 Å². The topological polar surface area (TPSA) is 51.4 Å². The van der Waals surface area contributed by atoms with Crippen LogP contribution in [0.3, 0.4) is 0 Å². The highest BCUT2D eigenvalue weighted by atomic mass is 79.9. The van der Waals surface area contributed by atoms with Crippen molar-refractivity contribution in [2.75, 3.05) is 0 Å². The summed E-state index contributed by atoms with van der Waals surface area (Å²) in [6.45, 7) is 9.03. The molecule has 0 unspecified atom stereocenters. The highest BCUT2D eigenvalue weighted by Gasteiger charge is 2.19. The van der Waals surface area contributed by atoms with Crippen molar-refractivity contribution in [3.05, 3.63) is 56.3 Å². The molecule has 7 heteroatoms. The Balaban J connectivity index is 2.00. The first kappa shape index (κ1) is 17.1. The highest BCUT2D eigenvalue weighted by molar-refractivity contribution is 9.10. The van der Waals surface area contributed by atoms with E-state index in [1.807, 2.05) is 28.3 Å².